The van der Waals surface area contributed by atoms with E-state index in [0.717, 1.165) is 25.4 Å². The zero-order valence-electron chi connectivity index (χ0n) is 10.4. The van der Waals surface area contributed by atoms with Gasteiger partial charge in [0.2, 0.25) is 0 Å². The van der Waals surface area contributed by atoms with E-state index in [4.69, 9.17) is 9.47 Å². The molecular weight excluding hydrogens is 212 g/mol. The number of para-hydroxylation sites is 1. The molecule has 1 fully saturated rings. The van der Waals surface area contributed by atoms with Crippen molar-refractivity contribution < 1.29 is 9.47 Å². The molecule has 0 amide bonds. The van der Waals surface area contributed by atoms with E-state index in [1.165, 1.54) is 32.1 Å². The topological polar surface area (TPSA) is 18.5 Å². The number of benzene rings is 1. The molecule has 1 aromatic rings. The summed E-state index contributed by atoms with van der Waals surface area (Å²) in [5, 5.41) is 0. The first kappa shape index (κ1) is 12.4. The summed E-state index contributed by atoms with van der Waals surface area (Å²) in [5.74, 6) is 0.949. The van der Waals surface area contributed by atoms with Gasteiger partial charge in [-0.15, -0.1) is 0 Å². The van der Waals surface area contributed by atoms with Crippen LogP contribution in [0.1, 0.15) is 38.5 Å². The first-order chi connectivity index (χ1) is 8.45. The first-order valence-corrected chi connectivity index (χ1v) is 6.74. The molecule has 0 spiro atoms. The minimum Gasteiger partial charge on any atom is -0.494 e. The van der Waals surface area contributed by atoms with Crippen LogP contribution < -0.4 is 4.74 Å². The lowest BCUT2D eigenvalue weighted by molar-refractivity contribution is 0.0226. The van der Waals surface area contributed by atoms with E-state index < -0.39 is 0 Å². The minimum absolute atomic E-state index is 0.514. The Labute approximate surface area is 104 Å². The molecule has 0 N–H and O–H groups in total. The quantitative estimate of drug-likeness (QED) is 0.697. The van der Waals surface area contributed by atoms with Crippen LogP contribution in [0.2, 0.25) is 0 Å². The van der Waals surface area contributed by atoms with Gasteiger partial charge in [0, 0.05) is 6.42 Å². The van der Waals surface area contributed by atoms with Gasteiger partial charge in [-0.05, 0) is 25.0 Å². The van der Waals surface area contributed by atoms with Gasteiger partial charge < -0.3 is 9.47 Å². The highest BCUT2D eigenvalue weighted by atomic mass is 16.5. The first-order valence-electron chi connectivity index (χ1n) is 6.74. The highest BCUT2D eigenvalue weighted by Crippen LogP contribution is 2.20. The average Bonchev–Trinajstić information content (AvgIpc) is 2.41. The molecule has 1 aliphatic carbocycles. The van der Waals surface area contributed by atoms with Gasteiger partial charge in [-0.1, -0.05) is 37.5 Å². The Morgan fingerprint density at radius 2 is 1.71 bits per heavy atom. The lowest BCUT2D eigenvalue weighted by atomic mass is 9.98. The van der Waals surface area contributed by atoms with E-state index in [2.05, 4.69) is 0 Å². The molecule has 0 heterocycles. The summed E-state index contributed by atoms with van der Waals surface area (Å²) in [5.41, 5.74) is 0. The second-order valence-electron chi connectivity index (χ2n) is 4.65. The Balaban J connectivity index is 1.51. The molecule has 2 heteroatoms. The van der Waals surface area contributed by atoms with Gasteiger partial charge in [-0.2, -0.15) is 0 Å². The molecule has 94 valence electrons. The van der Waals surface area contributed by atoms with Gasteiger partial charge in [-0.25, -0.2) is 0 Å². The summed E-state index contributed by atoms with van der Waals surface area (Å²) in [4.78, 5) is 0. The Morgan fingerprint density at radius 1 is 0.941 bits per heavy atom. The predicted molar refractivity (Wildman–Crippen MR) is 69.4 cm³/mol. The van der Waals surface area contributed by atoms with Crippen LogP contribution >= 0.6 is 0 Å². The molecule has 2 nitrogen and oxygen atoms in total. The van der Waals surface area contributed by atoms with Crippen LogP contribution in [0.25, 0.3) is 0 Å². The van der Waals surface area contributed by atoms with Crippen molar-refractivity contribution >= 4 is 0 Å². The van der Waals surface area contributed by atoms with Crippen LogP contribution in [0.4, 0.5) is 0 Å². The van der Waals surface area contributed by atoms with E-state index in [-0.39, 0.29) is 0 Å². The van der Waals surface area contributed by atoms with Gasteiger partial charge >= 0.3 is 0 Å². The molecule has 0 radical (unpaired) electrons. The van der Waals surface area contributed by atoms with E-state index in [1.807, 2.05) is 30.3 Å². The maximum absolute atomic E-state index is 5.84. The number of hydrogen-bond donors (Lipinski definition) is 0. The third-order valence-corrected chi connectivity index (χ3v) is 3.21. The van der Waals surface area contributed by atoms with Crippen LogP contribution in [-0.2, 0) is 4.74 Å². The van der Waals surface area contributed by atoms with Gasteiger partial charge in [0.05, 0.1) is 19.3 Å². The van der Waals surface area contributed by atoms with Crippen molar-refractivity contribution in [3.05, 3.63) is 30.3 Å². The molecule has 1 aliphatic rings. The number of rotatable bonds is 6. The normalized spacial score (nSPS) is 16.9. The smallest absolute Gasteiger partial charge is 0.119 e. The van der Waals surface area contributed by atoms with Crippen LogP contribution in [0, 0.1) is 0 Å². The van der Waals surface area contributed by atoms with Crippen molar-refractivity contribution in [2.24, 2.45) is 0 Å². The van der Waals surface area contributed by atoms with Gasteiger partial charge in [0.15, 0.2) is 0 Å². The van der Waals surface area contributed by atoms with E-state index in [1.54, 1.807) is 0 Å². The fourth-order valence-corrected chi connectivity index (χ4v) is 2.25. The molecule has 1 aromatic carbocycles. The predicted octanol–water partition coefficient (Wildman–Crippen LogP) is 3.80. The Hall–Kier alpha value is -1.02. The third-order valence-electron chi connectivity index (χ3n) is 3.21. The van der Waals surface area contributed by atoms with Gasteiger partial charge in [0.1, 0.15) is 5.75 Å². The van der Waals surface area contributed by atoms with Gasteiger partial charge in [0.25, 0.3) is 0 Å². The third kappa shape index (κ3) is 4.78. The summed E-state index contributed by atoms with van der Waals surface area (Å²) in [6, 6.07) is 9.96. The Kier molecular flexibility index (Phi) is 5.37. The molecule has 2 rings (SSSR count). The lowest BCUT2D eigenvalue weighted by Gasteiger charge is -2.21. The molecular formula is C15H22O2. The van der Waals surface area contributed by atoms with E-state index >= 15 is 0 Å². The number of hydrogen-bond acceptors (Lipinski definition) is 2. The van der Waals surface area contributed by atoms with Crippen molar-refractivity contribution in [1.82, 2.24) is 0 Å². The SMILES string of the molecule is c1ccc(OCCCOC2CCCCC2)cc1. The second kappa shape index (κ2) is 7.33. The minimum atomic E-state index is 0.514. The molecule has 0 atom stereocenters. The summed E-state index contributed by atoms with van der Waals surface area (Å²) in [6.07, 6.45) is 8.05. The highest BCUT2D eigenvalue weighted by molar-refractivity contribution is 5.20. The molecule has 0 aliphatic heterocycles. The van der Waals surface area contributed by atoms with E-state index in [9.17, 15) is 0 Å². The highest BCUT2D eigenvalue weighted by Gasteiger charge is 2.12. The summed E-state index contributed by atoms with van der Waals surface area (Å²) < 4.78 is 11.5. The number of ether oxygens (including phenoxy) is 2. The second-order valence-corrected chi connectivity index (χ2v) is 4.65. The molecule has 0 bridgehead atoms. The van der Waals surface area contributed by atoms with Crippen molar-refractivity contribution in [2.75, 3.05) is 13.2 Å². The molecule has 0 unspecified atom stereocenters. The van der Waals surface area contributed by atoms with Gasteiger partial charge in [-0.3, -0.25) is 0 Å². The van der Waals surface area contributed by atoms with E-state index in [0.29, 0.717) is 6.10 Å². The van der Waals surface area contributed by atoms with Crippen molar-refractivity contribution in [3.63, 3.8) is 0 Å². The van der Waals surface area contributed by atoms with Crippen LogP contribution in [0.5, 0.6) is 5.75 Å². The largest absolute Gasteiger partial charge is 0.494 e. The Morgan fingerprint density at radius 3 is 2.47 bits per heavy atom. The zero-order valence-corrected chi connectivity index (χ0v) is 10.4. The molecule has 1 saturated carbocycles. The summed E-state index contributed by atoms with van der Waals surface area (Å²) in [7, 11) is 0. The van der Waals surface area contributed by atoms with Crippen molar-refractivity contribution in [3.8, 4) is 5.75 Å². The maximum atomic E-state index is 5.84. The molecule has 0 saturated heterocycles. The standard InChI is InChI=1S/C15H22O2/c1-3-8-14(9-4-1)16-12-7-13-17-15-10-5-2-6-11-15/h1,3-4,8-9,15H,2,5-7,10-13H2. The van der Waals surface area contributed by atoms with Crippen molar-refractivity contribution in [2.45, 2.75) is 44.6 Å². The fraction of sp³-hybridized carbons (Fsp3) is 0.600. The summed E-state index contributed by atoms with van der Waals surface area (Å²) in [6.45, 7) is 1.58. The lowest BCUT2D eigenvalue weighted by Crippen LogP contribution is -2.18. The molecule has 0 aromatic heterocycles. The van der Waals surface area contributed by atoms with Crippen LogP contribution in [0.3, 0.4) is 0 Å². The average molecular weight is 234 g/mol. The maximum Gasteiger partial charge on any atom is 0.119 e. The van der Waals surface area contributed by atoms with Crippen molar-refractivity contribution in [1.29, 1.82) is 0 Å². The summed E-state index contributed by atoms with van der Waals surface area (Å²) >= 11 is 0. The molecule has 17 heavy (non-hydrogen) atoms. The Bertz CT molecular complexity index is 291. The van der Waals surface area contributed by atoms with Crippen LogP contribution in [0.15, 0.2) is 30.3 Å². The van der Waals surface area contributed by atoms with Crippen LogP contribution in [-0.4, -0.2) is 19.3 Å². The zero-order chi connectivity index (χ0) is 11.8. The fourth-order valence-electron chi connectivity index (χ4n) is 2.25. The monoisotopic (exact) mass is 234 g/mol.